The van der Waals surface area contributed by atoms with Crippen LogP contribution < -0.4 is 5.32 Å². The molecule has 0 amide bonds. The lowest BCUT2D eigenvalue weighted by Gasteiger charge is -2.05. The second kappa shape index (κ2) is 6.73. The minimum absolute atomic E-state index is 0.661. The van der Waals surface area contributed by atoms with Crippen LogP contribution >= 0.6 is 11.6 Å². The summed E-state index contributed by atoms with van der Waals surface area (Å²) in [4.78, 5) is 7.74. The number of hydrogen-bond donors (Lipinski definition) is 2. The fraction of sp³-hybridized carbons (Fsp3) is 0.400. The van der Waals surface area contributed by atoms with Crippen molar-refractivity contribution in [1.29, 1.82) is 0 Å². The molecule has 0 aliphatic rings. The number of aromatic nitrogens is 2. The number of H-pyrrole nitrogens is 1. The smallest absolute Gasteiger partial charge is 0.110 e. The van der Waals surface area contributed by atoms with Crippen molar-refractivity contribution >= 4 is 11.6 Å². The maximum absolute atomic E-state index is 5.97. The summed E-state index contributed by atoms with van der Waals surface area (Å²) >= 11 is 5.97. The molecule has 102 valence electrons. The first kappa shape index (κ1) is 14.1. The van der Waals surface area contributed by atoms with E-state index in [9.17, 15) is 0 Å². The number of imidazole rings is 1. The molecule has 2 N–H and O–H groups in total. The van der Waals surface area contributed by atoms with E-state index in [-0.39, 0.29) is 0 Å². The van der Waals surface area contributed by atoms with Gasteiger partial charge in [0.05, 0.1) is 0 Å². The van der Waals surface area contributed by atoms with E-state index < -0.39 is 0 Å². The number of aromatic amines is 1. The molecule has 19 heavy (non-hydrogen) atoms. The Morgan fingerprint density at radius 1 is 1.37 bits per heavy atom. The number of nitrogens with one attached hydrogen (secondary N) is 2. The molecule has 2 aromatic rings. The molecule has 0 saturated heterocycles. The Morgan fingerprint density at radius 2 is 2.21 bits per heavy atom. The lowest BCUT2D eigenvalue weighted by molar-refractivity contribution is 0.548. The van der Waals surface area contributed by atoms with Crippen LogP contribution in [0.1, 0.15) is 30.9 Å². The number of nitrogens with zero attached hydrogens (tertiary/aromatic N) is 1. The minimum atomic E-state index is 0.661. The second-order valence-corrected chi connectivity index (χ2v) is 5.62. The number of hydrogen-bond acceptors (Lipinski definition) is 2. The molecular weight excluding hydrogens is 258 g/mol. The maximum atomic E-state index is 5.97. The van der Waals surface area contributed by atoms with Crippen LogP contribution in [0.2, 0.25) is 5.02 Å². The monoisotopic (exact) mass is 277 g/mol. The van der Waals surface area contributed by atoms with Crippen molar-refractivity contribution in [3.8, 4) is 0 Å². The Hall–Kier alpha value is -1.32. The number of halogens is 1. The van der Waals surface area contributed by atoms with Crippen LogP contribution in [-0.2, 0) is 13.0 Å². The lowest BCUT2D eigenvalue weighted by atomic mass is 10.1. The van der Waals surface area contributed by atoms with Gasteiger partial charge >= 0.3 is 0 Å². The van der Waals surface area contributed by atoms with Gasteiger partial charge in [0, 0.05) is 29.9 Å². The molecule has 0 radical (unpaired) electrons. The SMILES string of the molecule is CC(C)CNCc1cnc(Cc2cccc(Cl)c2)[nH]1. The van der Waals surface area contributed by atoms with E-state index in [1.54, 1.807) is 0 Å². The van der Waals surface area contributed by atoms with Crippen molar-refractivity contribution < 1.29 is 0 Å². The summed E-state index contributed by atoms with van der Waals surface area (Å²) in [5.74, 6) is 1.64. The Balaban J connectivity index is 1.90. The van der Waals surface area contributed by atoms with Gasteiger partial charge in [-0.3, -0.25) is 0 Å². The lowest BCUT2D eigenvalue weighted by Crippen LogP contribution is -2.19. The molecule has 1 heterocycles. The Morgan fingerprint density at radius 3 is 2.95 bits per heavy atom. The van der Waals surface area contributed by atoms with Gasteiger partial charge in [0.25, 0.3) is 0 Å². The van der Waals surface area contributed by atoms with Gasteiger partial charge in [-0.05, 0) is 30.2 Å². The van der Waals surface area contributed by atoms with Gasteiger partial charge < -0.3 is 10.3 Å². The third-order valence-electron chi connectivity index (χ3n) is 2.81. The van der Waals surface area contributed by atoms with E-state index in [0.29, 0.717) is 5.92 Å². The van der Waals surface area contributed by atoms with Gasteiger partial charge in [-0.25, -0.2) is 4.98 Å². The molecule has 0 unspecified atom stereocenters. The van der Waals surface area contributed by atoms with E-state index in [1.807, 2.05) is 24.4 Å². The molecule has 0 spiro atoms. The third kappa shape index (κ3) is 4.69. The van der Waals surface area contributed by atoms with Crippen LogP contribution in [0.25, 0.3) is 0 Å². The maximum Gasteiger partial charge on any atom is 0.110 e. The summed E-state index contributed by atoms with van der Waals surface area (Å²) in [6, 6.07) is 7.88. The van der Waals surface area contributed by atoms with E-state index in [1.165, 1.54) is 5.56 Å². The molecule has 1 aromatic heterocycles. The molecule has 0 atom stereocenters. The average molecular weight is 278 g/mol. The molecule has 0 fully saturated rings. The summed E-state index contributed by atoms with van der Waals surface area (Å²) < 4.78 is 0. The van der Waals surface area contributed by atoms with Gasteiger partial charge in [-0.2, -0.15) is 0 Å². The Labute approximate surface area is 119 Å². The predicted octanol–water partition coefficient (Wildman–Crippen LogP) is 3.40. The highest BCUT2D eigenvalue weighted by atomic mass is 35.5. The highest BCUT2D eigenvalue weighted by Crippen LogP contribution is 2.13. The quantitative estimate of drug-likeness (QED) is 0.850. The zero-order valence-electron chi connectivity index (χ0n) is 11.4. The second-order valence-electron chi connectivity index (χ2n) is 5.19. The van der Waals surface area contributed by atoms with Gasteiger partial charge in [0.1, 0.15) is 5.82 Å². The number of rotatable bonds is 6. The predicted molar refractivity (Wildman–Crippen MR) is 79.4 cm³/mol. The topological polar surface area (TPSA) is 40.7 Å². The highest BCUT2D eigenvalue weighted by Gasteiger charge is 2.03. The summed E-state index contributed by atoms with van der Waals surface area (Å²) in [5, 5.41) is 4.16. The Kier molecular flexibility index (Phi) is 5.00. The zero-order chi connectivity index (χ0) is 13.7. The normalized spacial score (nSPS) is 11.2. The van der Waals surface area contributed by atoms with E-state index in [2.05, 4.69) is 35.2 Å². The van der Waals surface area contributed by atoms with Crippen LogP contribution in [0.15, 0.2) is 30.5 Å². The zero-order valence-corrected chi connectivity index (χ0v) is 12.2. The number of benzene rings is 1. The molecule has 0 aliphatic carbocycles. The first-order valence-electron chi connectivity index (χ1n) is 6.61. The van der Waals surface area contributed by atoms with Gasteiger partial charge in [-0.15, -0.1) is 0 Å². The van der Waals surface area contributed by atoms with Crippen molar-refractivity contribution in [1.82, 2.24) is 15.3 Å². The minimum Gasteiger partial charge on any atom is -0.345 e. The van der Waals surface area contributed by atoms with Crippen LogP contribution in [0, 0.1) is 5.92 Å². The van der Waals surface area contributed by atoms with Crippen molar-refractivity contribution in [2.75, 3.05) is 6.54 Å². The fourth-order valence-corrected chi connectivity index (χ4v) is 2.13. The average Bonchev–Trinajstić information content (AvgIpc) is 2.76. The fourth-order valence-electron chi connectivity index (χ4n) is 1.92. The molecule has 3 nitrogen and oxygen atoms in total. The molecule has 0 aliphatic heterocycles. The van der Waals surface area contributed by atoms with Crippen LogP contribution in [0.4, 0.5) is 0 Å². The summed E-state index contributed by atoms with van der Waals surface area (Å²) in [6.07, 6.45) is 2.68. The highest BCUT2D eigenvalue weighted by molar-refractivity contribution is 6.30. The van der Waals surface area contributed by atoms with Gasteiger partial charge in [-0.1, -0.05) is 37.6 Å². The van der Waals surface area contributed by atoms with Crippen molar-refractivity contribution in [2.24, 2.45) is 5.92 Å². The molecule has 0 saturated carbocycles. The van der Waals surface area contributed by atoms with Crippen LogP contribution in [0.5, 0.6) is 0 Å². The van der Waals surface area contributed by atoms with Crippen molar-refractivity contribution in [3.63, 3.8) is 0 Å². The summed E-state index contributed by atoms with van der Waals surface area (Å²) in [6.45, 7) is 6.25. The molecule has 1 aromatic carbocycles. The Bertz CT molecular complexity index is 520. The molecule has 2 rings (SSSR count). The van der Waals surface area contributed by atoms with Crippen LogP contribution in [-0.4, -0.2) is 16.5 Å². The summed E-state index contributed by atoms with van der Waals surface area (Å²) in [7, 11) is 0. The first-order valence-corrected chi connectivity index (χ1v) is 6.99. The summed E-state index contributed by atoms with van der Waals surface area (Å²) in [5.41, 5.74) is 2.29. The van der Waals surface area contributed by atoms with E-state index in [4.69, 9.17) is 11.6 Å². The van der Waals surface area contributed by atoms with E-state index in [0.717, 1.165) is 36.1 Å². The first-order chi connectivity index (χ1) is 9.13. The van der Waals surface area contributed by atoms with E-state index >= 15 is 0 Å². The molecular formula is C15H20ClN3. The van der Waals surface area contributed by atoms with Crippen molar-refractivity contribution in [3.05, 3.63) is 52.6 Å². The third-order valence-corrected chi connectivity index (χ3v) is 3.04. The molecule has 4 heteroatoms. The van der Waals surface area contributed by atoms with Gasteiger partial charge in [0.15, 0.2) is 0 Å². The standard InChI is InChI=1S/C15H20ClN3/c1-11(2)8-17-9-14-10-18-15(19-14)7-12-4-3-5-13(16)6-12/h3-6,10-11,17H,7-9H2,1-2H3,(H,18,19). The van der Waals surface area contributed by atoms with Crippen LogP contribution in [0.3, 0.4) is 0 Å². The largest absolute Gasteiger partial charge is 0.345 e. The van der Waals surface area contributed by atoms with Gasteiger partial charge in [0.2, 0.25) is 0 Å². The molecule has 0 bridgehead atoms. The van der Waals surface area contributed by atoms with Crippen molar-refractivity contribution in [2.45, 2.75) is 26.8 Å².